The third-order valence-corrected chi connectivity index (χ3v) is 5.72. The molecule has 2 unspecified atom stereocenters. The average Bonchev–Trinajstić information content (AvgIpc) is 2.92. The maximum absolute atomic E-state index is 13.2. The molecule has 1 fully saturated rings. The molecule has 5 nitrogen and oxygen atoms in total. The molecule has 166 valence electrons. The minimum absolute atomic E-state index is 0.0723. The average molecular weight is 424 g/mol. The lowest BCUT2D eigenvalue weighted by atomic mass is 9.85. The standard InChI is InChI=1S/C23H30F2O5/c24-16-11-15(12-17(25)13-16)7-8-18(26)9-10-20-19(21(27)14-22(20)28)5-3-1-2-4-6-23(29)30/h11-13,18-22,26-28H,1-6,9-10,14H2,(H,29,30)/t18?,19-,20-,21+,22?/m1/s1. The van der Waals surface area contributed by atoms with Gasteiger partial charge in [-0.25, -0.2) is 8.78 Å². The van der Waals surface area contributed by atoms with Crippen molar-refractivity contribution >= 4 is 5.97 Å². The molecule has 1 aliphatic carbocycles. The Morgan fingerprint density at radius 3 is 2.23 bits per heavy atom. The van der Waals surface area contributed by atoms with E-state index in [4.69, 9.17) is 5.11 Å². The second-order valence-electron chi connectivity index (χ2n) is 8.07. The summed E-state index contributed by atoms with van der Waals surface area (Å²) in [4.78, 5) is 10.5. The molecule has 5 atom stereocenters. The number of halogens is 2. The van der Waals surface area contributed by atoms with Crippen LogP contribution in [0.3, 0.4) is 0 Å². The van der Waals surface area contributed by atoms with Crippen molar-refractivity contribution in [3.05, 3.63) is 35.4 Å². The van der Waals surface area contributed by atoms with Crippen LogP contribution in [0.2, 0.25) is 0 Å². The summed E-state index contributed by atoms with van der Waals surface area (Å²) in [5, 5.41) is 39.3. The zero-order chi connectivity index (χ0) is 22.1. The van der Waals surface area contributed by atoms with Gasteiger partial charge >= 0.3 is 5.97 Å². The predicted octanol–water partition coefficient (Wildman–Crippen LogP) is 3.24. The summed E-state index contributed by atoms with van der Waals surface area (Å²) < 4.78 is 26.4. The van der Waals surface area contributed by atoms with Gasteiger partial charge in [0.1, 0.15) is 17.7 Å². The fraction of sp³-hybridized carbons (Fsp3) is 0.609. The summed E-state index contributed by atoms with van der Waals surface area (Å²) in [5.74, 6) is 2.65. The summed E-state index contributed by atoms with van der Waals surface area (Å²) in [6.45, 7) is 0. The number of aliphatic hydroxyl groups is 3. The number of carboxylic acid groups (broad SMARTS) is 1. The molecule has 1 aromatic rings. The maximum atomic E-state index is 13.2. The van der Waals surface area contributed by atoms with E-state index in [9.17, 15) is 28.9 Å². The topological polar surface area (TPSA) is 98.0 Å². The van der Waals surface area contributed by atoms with E-state index < -0.39 is 35.9 Å². The van der Waals surface area contributed by atoms with Crippen molar-refractivity contribution < 1.29 is 34.0 Å². The maximum Gasteiger partial charge on any atom is 0.303 e. The van der Waals surface area contributed by atoms with Gasteiger partial charge in [0.25, 0.3) is 0 Å². The lowest BCUT2D eigenvalue weighted by molar-refractivity contribution is -0.137. The number of aliphatic carboxylic acids is 1. The lowest BCUT2D eigenvalue weighted by Crippen LogP contribution is -2.23. The molecule has 0 amide bonds. The second-order valence-corrected chi connectivity index (χ2v) is 8.07. The van der Waals surface area contributed by atoms with E-state index in [0.29, 0.717) is 19.3 Å². The summed E-state index contributed by atoms with van der Waals surface area (Å²) in [6, 6.07) is 2.93. The number of hydrogen-bond donors (Lipinski definition) is 4. The molecule has 2 rings (SSSR count). The van der Waals surface area contributed by atoms with E-state index >= 15 is 0 Å². The summed E-state index contributed by atoms with van der Waals surface area (Å²) in [6.07, 6.45) is 2.90. The van der Waals surface area contributed by atoms with Crippen LogP contribution in [0.1, 0.15) is 63.4 Å². The largest absolute Gasteiger partial charge is 0.481 e. The third kappa shape index (κ3) is 8.02. The second kappa shape index (κ2) is 12.0. The number of carboxylic acids is 1. The zero-order valence-corrected chi connectivity index (χ0v) is 16.9. The molecule has 0 heterocycles. The molecule has 1 aromatic carbocycles. The Balaban J connectivity index is 1.81. The number of benzene rings is 1. The van der Waals surface area contributed by atoms with Gasteiger partial charge in [0.2, 0.25) is 0 Å². The van der Waals surface area contributed by atoms with Gasteiger partial charge in [-0.2, -0.15) is 0 Å². The van der Waals surface area contributed by atoms with E-state index in [1.165, 1.54) is 0 Å². The van der Waals surface area contributed by atoms with Crippen LogP contribution in [0.5, 0.6) is 0 Å². The van der Waals surface area contributed by atoms with Crippen LogP contribution in [0.4, 0.5) is 8.78 Å². The van der Waals surface area contributed by atoms with Crippen molar-refractivity contribution in [3.8, 4) is 11.8 Å². The van der Waals surface area contributed by atoms with Crippen molar-refractivity contribution in [2.45, 2.75) is 76.1 Å². The molecule has 30 heavy (non-hydrogen) atoms. The highest BCUT2D eigenvalue weighted by Crippen LogP contribution is 2.39. The highest BCUT2D eigenvalue weighted by Gasteiger charge is 2.40. The van der Waals surface area contributed by atoms with Crippen LogP contribution in [0.25, 0.3) is 0 Å². The van der Waals surface area contributed by atoms with E-state index in [1.807, 2.05) is 0 Å². The van der Waals surface area contributed by atoms with Crippen LogP contribution in [-0.2, 0) is 4.79 Å². The first-order valence-electron chi connectivity index (χ1n) is 10.5. The van der Waals surface area contributed by atoms with Gasteiger partial charge in [0, 0.05) is 18.1 Å². The summed E-state index contributed by atoms with van der Waals surface area (Å²) in [5.41, 5.74) is 0.142. The van der Waals surface area contributed by atoms with Crippen molar-refractivity contribution in [3.63, 3.8) is 0 Å². The zero-order valence-electron chi connectivity index (χ0n) is 16.9. The normalized spacial score (nSPS) is 24.3. The molecule has 1 aliphatic rings. The van der Waals surface area contributed by atoms with E-state index in [0.717, 1.165) is 43.9 Å². The van der Waals surface area contributed by atoms with Crippen LogP contribution >= 0.6 is 0 Å². The van der Waals surface area contributed by atoms with Gasteiger partial charge in [-0.3, -0.25) is 4.79 Å². The van der Waals surface area contributed by atoms with E-state index in [-0.39, 0.29) is 30.2 Å². The molecule has 0 bridgehead atoms. The van der Waals surface area contributed by atoms with Crippen molar-refractivity contribution in [1.29, 1.82) is 0 Å². The quantitative estimate of drug-likeness (QED) is 0.342. The summed E-state index contributed by atoms with van der Waals surface area (Å²) >= 11 is 0. The van der Waals surface area contributed by atoms with Gasteiger partial charge in [-0.05, 0) is 56.1 Å². The Labute approximate surface area is 175 Å². The number of rotatable bonds is 10. The highest BCUT2D eigenvalue weighted by atomic mass is 19.1. The fourth-order valence-electron chi connectivity index (χ4n) is 4.21. The van der Waals surface area contributed by atoms with Crippen molar-refractivity contribution in [1.82, 2.24) is 0 Å². The van der Waals surface area contributed by atoms with Crippen molar-refractivity contribution in [2.75, 3.05) is 0 Å². The molecule has 0 saturated heterocycles. The fourth-order valence-corrected chi connectivity index (χ4v) is 4.21. The van der Waals surface area contributed by atoms with Gasteiger partial charge in [0.15, 0.2) is 0 Å². The van der Waals surface area contributed by atoms with Crippen molar-refractivity contribution in [2.24, 2.45) is 11.8 Å². The highest BCUT2D eigenvalue weighted by molar-refractivity contribution is 5.66. The molecular formula is C23H30F2O5. The van der Waals surface area contributed by atoms with E-state index in [2.05, 4.69) is 11.8 Å². The molecule has 0 spiro atoms. The van der Waals surface area contributed by atoms with Gasteiger partial charge in [-0.1, -0.05) is 31.1 Å². The molecule has 7 heteroatoms. The van der Waals surface area contributed by atoms with Crippen LogP contribution in [0, 0.1) is 35.3 Å². The molecule has 4 N–H and O–H groups in total. The SMILES string of the molecule is O=C(O)CCCCCC[C@H]1[C@@H](O)CC(O)[C@@H]1CCC(O)C#Cc1cc(F)cc(F)c1. The Kier molecular flexibility index (Phi) is 9.70. The van der Waals surface area contributed by atoms with Gasteiger partial charge in [-0.15, -0.1) is 0 Å². The number of carbonyl (C=O) groups is 1. The molecule has 0 aliphatic heterocycles. The van der Waals surface area contributed by atoms with Gasteiger partial charge in [0.05, 0.1) is 12.2 Å². The van der Waals surface area contributed by atoms with E-state index in [1.54, 1.807) is 0 Å². The molecular weight excluding hydrogens is 394 g/mol. The monoisotopic (exact) mass is 424 g/mol. The molecule has 0 aromatic heterocycles. The first kappa shape index (κ1) is 24.3. The third-order valence-electron chi connectivity index (χ3n) is 5.72. The Bertz CT molecular complexity index is 737. The first-order chi connectivity index (χ1) is 14.3. The minimum Gasteiger partial charge on any atom is -0.481 e. The molecule has 1 saturated carbocycles. The number of aliphatic hydroxyl groups excluding tert-OH is 3. The van der Waals surface area contributed by atoms with Crippen LogP contribution in [0.15, 0.2) is 18.2 Å². The first-order valence-corrected chi connectivity index (χ1v) is 10.5. The predicted molar refractivity (Wildman–Crippen MR) is 107 cm³/mol. The lowest BCUT2D eigenvalue weighted by Gasteiger charge is -2.24. The minimum atomic E-state index is -1.00. The Hall–Kier alpha value is -2.01. The Morgan fingerprint density at radius 2 is 1.60 bits per heavy atom. The smallest absolute Gasteiger partial charge is 0.303 e. The number of hydrogen-bond acceptors (Lipinski definition) is 4. The van der Waals surface area contributed by atoms with Crippen LogP contribution < -0.4 is 0 Å². The molecule has 0 radical (unpaired) electrons. The summed E-state index contributed by atoms with van der Waals surface area (Å²) in [7, 11) is 0. The number of unbranched alkanes of at least 4 members (excludes halogenated alkanes) is 3. The van der Waals surface area contributed by atoms with Crippen LogP contribution in [-0.4, -0.2) is 44.7 Å². The Morgan fingerprint density at radius 1 is 1.00 bits per heavy atom. The van der Waals surface area contributed by atoms with Gasteiger partial charge < -0.3 is 20.4 Å².